The standard InChI is InChI=1S/C13H16ClNO2/c1-17-12(16)5-4-9-2-3-10-8-15-7-6-11(10)13(9)14/h2-3,15H,4-8H2,1H3. The van der Waals surface area contributed by atoms with E-state index >= 15 is 0 Å². The Kier molecular flexibility index (Phi) is 4.02. The van der Waals surface area contributed by atoms with Crippen LogP contribution in [0.5, 0.6) is 0 Å². The van der Waals surface area contributed by atoms with Crippen molar-refractivity contribution in [2.45, 2.75) is 25.8 Å². The lowest BCUT2D eigenvalue weighted by molar-refractivity contribution is -0.140. The summed E-state index contributed by atoms with van der Waals surface area (Å²) >= 11 is 6.37. The van der Waals surface area contributed by atoms with Gasteiger partial charge in [-0.25, -0.2) is 0 Å². The fraction of sp³-hybridized carbons (Fsp3) is 0.462. The number of nitrogens with one attached hydrogen (secondary N) is 1. The van der Waals surface area contributed by atoms with E-state index in [1.54, 1.807) is 0 Å². The smallest absolute Gasteiger partial charge is 0.305 e. The predicted molar refractivity (Wildman–Crippen MR) is 67.2 cm³/mol. The van der Waals surface area contributed by atoms with E-state index in [0.717, 1.165) is 30.1 Å². The fourth-order valence-electron chi connectivity index (χ4n) is 2.11. The van der Waals surface area contributed by atoms with Crippen LogP contribution in [-0.4, -0.2) is 19.6 Å². The first-order chi connectivity index (χ1) is 8.22. The lowest BCUT2D eigenvalue weighted by atomic mass is 9.96. The highest BCUT2D eigenvalue weighted by atomic mass is 35.5. The highest BCUT2D eigenvalue weighted by Crippen LogP contribution is 2.28. The molecular formula is C13H16ClNO2. The van der Waals surface area contributed by atoms with Crippen molar-refractivity contribution in [3.05, 3.63) is 33.8 Å². The number of esters is 1. The molecule has 1 aliphatic heterocycles. The minimum absolute atomic E-state index is 0.194. The molecule has 0 saturated heterocycles. The van der Waals surface area contributed by atoms with E-state index in [0.29, 0.717) is 12.8 Å². The Balaban J connectivity index is 2.15. The van der Waals surface area contributed by atoms with Crippen molar-refractivity contribution in [1.82, 2.24) is 5.32 Å². The number of ether oxygens (including phenoxy) is 1. The zero-order valence-corrected chi connectivity index (χ0v) is 10.6. The van der Waals surface area contributed by atoms with Crippen LogP contribution >= 0.6 is 11.6 Å². The van der Waals surface area contributed by atoms with Gasteiger partial charge in [-0.1, -0.05) is 23.7 Å². The second-order valence-electron chi connectivity index (χ2n) is 4.18. The van der Waals surface area contributed by atoms with Gasteiger partial charge in [-0.15, -0.1) is 0 Å². The second-order valence-corrected chi connectivity index (χ2v) is 4.56. The predicted octanol–water partition coefficient (Wildman–Crippen LogP) is 2.09. The number of halogens is 1. The lowest BCUT2D eigenvalue weighted by Crippen LogP contribution is -2.24. The van der Waals surface area contributed by atoms with Gasteiger partial charge in [0.25, 0.3) is 0 Å². The molecule has 1 aromatic rings. The van der Waals surface area contributed by atoms with Gasteiger partial charge in [0.15, 0.2) is 0 Å². The van der Waals surface area contributed by atoms with Crippen LogP contribution < -0.4 is 5.32 Å². The third-order valence-electron chi connectivity index (χ3n) is 3.11. The Morgan fingerprint density at radius 2 is 2.35 bits per heavy atom. The van der Waals surface area contributed by atoms with Crippen molar-refractivity contribution in [3.8, 4) is 0 Å². The quantitative estimate of drug-likeness (QED) is 0.839. The largest absolute Gasteiger partial charge is 0.469 e. The van der Waals surface area contributed by atoms with Crippen LogP contribution in [0.1, 0.15) is 23.1 Å². The number of carbonyl (C=O) groups is 1. The topological polar surface area (TPSA) is 38.3 Å². The number of benzene rings is 1. The second kappa shape index (κ2) is 5.52. The molecule has 0 aliphatic carbocycles. The third-order valence-corrected chi connectivity index (χ3v) is 3.58. The van der Waals surface area contributed by atoms with Crippen LogP contribution in [0.25, 0.3) is 0 Å². The molecule has 1 N–H and O–H groups in total. The molecule has 3 nitrogen and oxygen atoms in total. The minimum Gasteiger partial charge on any atom is -0.469 e. The molecule has 17 heavy (non-hydrogen) atoms. The number of rotatable bonds is 3. The van der Waals surface area contributed by atoms with Crippen molar-refractivity contribution in [1.29, 1.82) is 0 Å². The number of hydrogen-bond acceptors (Lipinski definition) is 3. The Bertz CT molecular complexity index is 432. The van der Waals surface area contributed by atoms with Gasteiger partial charge in [-0.3, -0.25) is 4.79 Å². The molecule has 1 aliphatic rings. The molecule has 92 valence electrons. The molecule has 0 bridgehead atoms. The maximum Gasteiger partial charge on any atom is 0.305 e. The number of hydrogen-bond donors (Lipinski definition) is 1. The molecule has 0 spiro atoms. The molecule has 0 amide bonds. The average molecular weight is 254 g/mol. The van der Waals surface area contributed by atoms with Crippen LogP contribution in [0.2, 0.25) is 5.02 Å². The highest BCUT2D eigenvalue weighted by Gasteiger charge is 2.15. The number of fused-ring (bicyclic) bond motifs is 1. The van der Waals surface area contributed by atoms with Crippen molar-refractivity contribution in [2.24, 2.45) is 0 Å². The average Bonchev–Trinajstić information content (AvgIpc) is 2.38. The summed E-state index contributed by atoms with van der Waals surface area (Å²) in [4.78, 5) is 11.1. The molecular weight excluding hydrogens is 238 g/mol. The summed E-state index contributed by atoms with van der Waals surface area (Å²) in [6.07, 6.45) is 1.99. The molecule has 2 rings (SSSR count). The van der Waals surface area contributed by atoms with E-state index in [-0.39, 0.29) is 5.97 Å². The summed E-state index contributed by atoms with van der Waals surface area (Å²) in [5.41, 5.74) is 3.54. The van der Waals surface area contributed by atoms with Crippen molar-refractivity contribution >= 4 is 17.6 Å². The zero-order valence-electron chi connectivity index (χ0n) is 9.88. The molecule has 0 atom stereocenters. The van der Waals surface area contributed by atoms with E-state index < -0.39 is 0 Å². The van der Waals surface area contributed by atoms with Gasteiger partial charge in [0.05, 0.1) is 7.11 Å². The zero-order chi connectivity index (χ0) is 12.3. The summed E-state index contributed by atoms with van der Waals surface area (Å²) in [6.45, 7) is 1.85. The third kappa shape index (κ3) is 2.79. The maximum atomic E-state index is 11.1. The summed E-state index contributed by atoms with van der Waals surface area (Å²) in [6, 6.07) is 4.11. The Labute approximate surface area is 106 Å². The minimum atomic E-state index is -0.194. The first kappa shape index (κ1) is 12.4. The van der Waals surface area contributed by atoms with Crippen LogP contribution in [0, 0.1) is 0 Å². The van der Waals surface area contributed by atoms with E-state index in [1.807, 2.05) is 6.07 Å². The lowest BCUT2D eigenvalue weighted by Gasteiger charge is -2.20. The maximum absolute atomic E-state index is 11.1. The number of methoxy groups -OCH3 is 1. The van der Waals surface area contributed by atoms with E-state index in [4.69, 9.17) is 11.6 Å². The molecule has 0 aromatic heterocycles. The Hall–Kier alpha value is -1.06. The molecule has 1 heterocycles. The van der Waals surface area contributed by atoms with Crippen LogP contribution in [0.4, 0.5) is 0 Å². The Morgan fingerprint density at radius 1 is 1.53 bits per heavy atom. The van der Waals surface area contributed by atoms with E-state index in [1.165, 1.54) is 18.2 Å². The normalized spacial score (nSPS) is 14.2. The Morgan fingerprint density at radius 3 is 3.12 bits per heavy atom. The molecule has 4 heteroatoms. The van der Waals surface area contributed by atoms with Gasteiger partial charge >= 0.3 is 5.97 Å². The van der Waals surface area contributed by atoms with Gasteiger partial charge in [0.2, 0.25) is 0 Å². The van der Waals surface area contributed by atoms with Crippen molar-refractivity contribution in [2.75, 3.05) is 13.7 Å². The van der Waals surface area contributed by atoms with Gasteiger partial charge in [-0.05, 0) is 36.1 Å². The van der Waals surface area contributed by atoms with Crippen molar-refractivity contribution < 1.29 is 9.53 Å². The first-order valence-corrected chi connectivity index (χ1v) is 6.17. The molecule has 0 unspecified atom stereocenters. The van der Waals surface area contributed by atoms with E-state index in [9.17, 15) is 4.79 Å². The monoisotopic (exact) mass is 253 g/mol. The summed E-state index contributed by atoms with van der Waals surface area (Å²) in [7, 11) is 1.41. The van der Waals surface area contributed by atoms with Crippen LogP contribution in [0.3, 0.4) is 0 Å². The summed E-state index contributed by atoms with van der Waals surface area (Å²) < 4.78 is 4.63. The molecule has 0 radical (unpaired) electrons. The van der Waals surface area contributed by atoms with E-state index in [2.05, 4.69) is 16.1 Å². The molecule has 0 saturated carbocycles. The van der Waals surface area contributed by atoms with Gasteiger partial charge in [0, 0.05) is 18.0 Å². The molecule has 1 aromatic carbocycles. The van der Waals surface area contributed by atoms with Crippen molar-refractivity contribution in [3.63, 3.8) is 0 Å². The highest BCUT2D eigenvalue weighted by molar-refractivity contribution is 6.32. The molecule has 0 fully saturated rings. The summed E-state index contributed by atoms with van der Waals surface area (Å²) in [5.74, 6) is -0.194. The van der Waals surface area contributed by atoms with Gasteiger partial charge < -0.3 is 10.1 Å². The number of carbonyl (C=O) groups excluding carboxylic acids is 1. The summed E-state index contributed by atoms with van der Waals surface area (Å²) in [5, 5.41) is 4.14. The van der Waals surface area contributed by atoms with Crippen LogP contribution in [-0.2, 0) is 28.9 Å². The van der Waals surface area contributed by atoms with Crippen LogP contribution in [0.15, 0.2) is 12.1 Å². The van der Waals surface area contributed by atoms with Gasteiger partial charge in [0.1, 0.15) is 0 Å². The first-order valence-electron chi connectivity index (χ1n) is 5.79. The fourth-order valence-corrected chi connectivity index (χ4v) is 2.49. The van der Waals surface area contributed by atoms with Gasteiger partial charge in [-0.2, -0.15) is 0 Å². The SMILES string of the molecule is COC(=O)CCc1ccc2c(c1Cl)CCNC2. The number of aryl methyl sites for hydroxylation is 1.